The van der Waals surface area contributed by atoms with Crippen LogP contribution in [0.25, 0.3) is 0 Å². The van der Waals surface area contributed by atoms with E-state index in [-0.39, 0.29) is 5.41 Å². The van der Waals surface area contributed by atoms with Gasteiger partial charge in [0.05, 0.1) is 0 Å². The van der Waals surface area contributed by atoms with Gasteiger partial charge in [-0.15, -0.1) is 0 Å². The zero-order chi connectivity index (χ0) is 9.90. The second kappa shape index (κ2) is 3.60. The first-order valence-electron chi connectivity index (χ1n) is 4.36. The van der Waals surface area contributed by atoms with Gasteiger partial charge in [0.15, 0.2) is 0 Å². The van der Waals surface area contributed by atoms with Crippen molar-refractivity contribution in [2.24, 2.45) is 10.5 Å². The first-order chi connectivity index (χ1) is 6.08. The molecule has 2 heteroatoms. The summed E-state index contributed by atoms with van der Waals surface area (Å²) < 4.78 is 0. The second-order valence-corrected chi connectivity index (χ2v) is 3.66. The molecule has 0 saturated carbocycles. The van der Waals surface area contributed by atoms with Gasteiger partial charge in [0.25, 0.3) is 0 Å². The monoisotopic (exact) mass is 176 g/mol. The minimum Gasteiger partial charge on any atom is -0.272 e. The summed E-state index contributed by atoms with van der Waals surface area (Å²) in [6, 6.07) is 0. The number of hydrogen-bond acceptors (Lipinski definition) is 2. The van der Waals surface area contributed by atoms with Crippen molar-refractivity contribution in [3.8, 4) is 0 Å². The third-order valence-electron chi connectivity index (χ3n) is 2.06. The van der Waals surface area contributed by atoms with Gasteiger partial charge in [0, 0.05) is 24.4 Å². The normalized spacial score (nSPS) is 23.3. The molecule has 0 aromatic heterocycles. The smallest absolute Gasteiger partial charge is 0.0474 e. The van der Waals surface area contributed by atoms with Crippen LogP contribution in [0.2, 0.25) is 0 Å². The number of hydrogen-bond donors (Lipinski definition) is 0. The molecule has 0 unspecified atom stereocenters. The lowest BCUT2D eigenvalue weighted by atomic mass is 9.91. The average molecular weight is 176 g/mol. The Morgan fingerprint density at radius 1 is 1.46 bits per heavy atom. The minimum atomic E-state index is 0.0419. The number of allylic oxidation sites excluding steroid dienone is 5. The topological polar surface area (TPSA) is 15.6 Å². The predicted molar refractivity (Wildman–Crippen MR) is 57.5 cm³/mol. The van der Waals surface area contributed by atoms with Crippen molar-refractivity contribution in [1.82, 2.24) is 5.01 Å². The molecule has 0 saturated heterocycles. The summed E-state index contributed by atoms with van der Waals surface area (Å²) in [7, 11) is 1.96. The fourth-order valence-electron chi connectivity index (χ4n) is 1.32. The Hall–Kier alpha value is -1.31. The van der Waals surface area contributed by atoms with Crippen LogP contribution in [-0.2, 0) is 0 Å². The quantitative estimate of drug-likeness (QED) is 0.590. The predicted octanol–water partition coefficient (Wildman–Crippen LogP) is 2.57. The highest BCUT2D eigenvalue weighted by Crippen LogP contribution is 2.31. The van der Waals surface area contributed by atoms with Crippen LogP contribution in [0.15, 0.2) is 41.7 Å². The zero-order valence-electron chi connectivity index (χ0n) is 8.49. The molecule has 1 rings (SSSR count). The van der Waals surface area contributed by atoms with Gasteiger partial charge < -0.3 is 0 Å². The van der Waals surface area contributed by atoms with E-state index in [0.29, 0.717) is 0 Å². The fourth-order valence-corrected chi connectivity index (χ4v) is 1.32. The van der Waals surface area contributed by atoms with Gasteiger partial charge in [0.2, 0.25) is 0 Å². The summed E-state index contributed by atoms with van der Waals surface area (Å²) in [4.78, 5) is 0. The van der Waals surface area contributed by atoms with Crippen LogP contribution in [0.5, 0.6) is 0 Å². The summed E-state index contributed by atoms with van der Waals surface area (Å²) in [5, 5.41) is 6.13. The molecule has 0 aliphatic carbocycles. The molecule has 2 nitrogen and oxygen atoms in total. The van der Waals surface area contributed by atoms with E-state index in [0.717, 1.165) is 0 Å². The number of nitrogens with zero attached hydrogens (tertiary/aromatic N) is 2. The Morgan fingerprint density at radius 3 is 2.62 bits per heavy atom. The fraction of sp³-hybridized carbons (Fsp3) is 0.364. The first-order valence-corrected chi connectivity index (χ1v) is 4.36. The highest BCUT2D eigenvalue weighted by molar-refractivity contribution is 5.71. The molecule has 0 fully saturated rings. The van der Waals surface area contributed by atoms with Gasteiger partial charge in [-0.25, -0.2) is 0 Å². The molecule has 0 spiro atoms. The van der Waals surface area contributed by atoms with Crippen molar-refractivity contribution in [2.45, 2.75) is 13.8 Å². The van der Waals surface area contributed by atoms with Crippen molar-refractivity contribution >= 4 is 6.21 Å². The molecule has 0 aromatic rings. The SMILES string of the molecule is C=C/C=C/C=C1\N(C)N=CC1(C)C. The van der Waals surface area contributed by atoms with Crippen LogP contribution in [0.3, 0.4) is 0 Å². The van der Waals surface area contributed by atoms with E-state index in [1.165, 1.54) is 5.70 Å². The van der Waals surface area contributed by atoms with Crippen molar-refractivity contribution in [2.75, 3.05) is 7.05 Å². The van der Waals surface area contributed by atoms with E-state index in [1.54, 1.807) is 6.08 Å². The van der Waals surface area contributed by atoms with Gasteiger partial charge in [-0.2, -0.15) is 5.10 Å². The van der Waals surface area contributed by atoms with E-state index in [1.807, 2.05) is 30.4 Å². The number of hydrazone groups is 1. The molecule has 0 radical (unpaired) electrons. The highest BCUT2D eigenvalue weighted by Gasteiger charge is 2.28. The van der Waals surface area contributed by atoms with Crippen molar-refractivity contribution in [3.05, 3.63) is 36.6 Å². The van der Waals surface area contributed by atoms with Gasteiger partial charge in [-0.1, -0.05) is 24.8 Å². The summed E-state index contributed by atoms with van der Waals surface area (Å²) in [5.74, 6) is 0. The van der Waals surface area contributed by atoms with Crippen LogP contribution in [0, 0.1) is 5.41 Å². The van der Waals surface area contributed by atoms with Gasteiger partial charge in [0.1, 0.15) is 0 Å². The zero-order valence-corrected chi connectivity index (χ0v) is 8.49. The minimum absolute atomic E-state index is 0.0419. The van der Waals surface area contributed by atoms with Gasteiger partial charge in [-0.05, 0) is 19.9 Å². The molecule has 0 atom stereocenters. The average Bonchev–Trinajstić information content (AvgIpc) is 2.31. The maximum Gasteiger partial charge on any atom is 0.0474 e. The molecule has 1 aliphatic heterocycles. The van der Waals surface area contributed by atoms with Crippen LogP contribution < -0.4 is 0 Å². The van der Waals surface area contributed by atoms with Crippen molar-refractivity contribution < 1.29 is 0 Å². The van der Waals surface area contributed by atoms with Crippen LogP contribution in [0.4, 0.5) is 0 Å². The second-order valence-electron chi connectivity index (χ2n) is 3.66. The summed E-state index contributed by atoms with van der Waals surface area (Å²) in [6.45, 7) is 7.91. The summed E-state index contributed by atoms with van der Waals surface area (Å²) in [5.41, 5.74) is 1.24. The highest BCUT2D eigenvalue weighted by atomic mass is 15.5. The summed E-state index contributed by atoms with van der Waals surface area (Å²) in [6.07, 6.45) is 9.68. The molecule has 0 N–H and O–H groups in total. The van der Waals surface area contributed by atoms with Gasteiger partial charge in [-0.3, -0.25) is 5.01 Å². The molecule has 1 aliphatic rings. The third-order valence-corrected chi connectivity index (χ3v) is 2.06. The van der Waals surface area contributed by atoms with E-state index in [4.69, 9.17) is 0 Å². The molecule has 1 heterocycles. The van der Waals surface area contributed by atoms with Crippen LogP contribution in [-0.4, -0.2) is 18.3 Å². The maximum absolute atomic E-state index is 4.23. The first kappa shape index (κ1) is 9.78. The van der Waals surface area contributed by atoms with E-state index in [2.05, 4.69) is 31.6 Å². The Labute approximate surface area is 79.9 Å². The Kier molecular flexibility index (Phi) is 2.71. The van der Waals surface area contributed by atoms with E-state index < -0.39 is 0 Å². The number of rotatable bonds is 2. The molecular weight excluding hydrogens is 160 g/mol. The lowest BCUT2D eigenvalue weighted by Gasteiger charge is -2.20. The Balaban J connectivity index is 2.85. The molecule has 0 bridgehead atoms. The lowest BCUT2D eigenvalue weighted by Crippen LogP contribution is -2.18. The Morgan fingerprint density at radius 2 is 2.15 bits per heavy atom. The summed E-state index contributed by atoms with van der Waals surface area (Å²) >= 11 is 0. The Bertz CT molecular complexity index is 282. The molecule has 13 heavy (non-hydrogen) atoms. The van der Waals surface area contributed by atoms with Crippen LogP contribution in [0.1, 0.15) is 13.8 Å². The van der Waals surface area contributed by atoms with Crippen molar-refractivity contribution in [1.29, 1.82) is 0 Å². The molecular formula is C11H16N2. The van der Waals surface area contributed by atoms with Crippen molar-refractivity contribution in [3.63, 3.8) is 0 Å². The van der Waals surface area contributed by atoms with Crippen LogP contribution >= 0.6 is 0 Å². The van der Waals surface area contributed by atoms with Gasteiger partial charge >= 0.3 is 0 Å². The lowest BCUT2D eigenvalue weighted by molar-refractivity contribution is 0.410. The molecule has 0 amide bonds. The largest absolute Gasteiger partial charge is 0.272 e. The van der Waals surface area contributed by atoms with E-state index in [9.17, 15) is 0 Å². The molecule has 0 aromatic carbocycles. The molecule has 70 valence electrons. The maximum atomic E-state index is 4.23. The standard InChI is InChI=1S/C11H16N2/c1-5-6-7-8-10-11(2,3)9-12-13(10)4/h5-9H,1H2,2-4H3/b7-6+,10-8-. The third kappa shape index (κ3) is 2.08. The van der Waals surface area contributed by atoms with E-state index >= 15 is 0 Å².